The first kappa shape index (κ1) is 18.8. The topological polar surface area (TPSA) is 41.3 Å². The molecule has 146 valence electrons. The Morgan fingerprint density at radius 3 is 2.46 bits per heavy atom. The quantitative estimate of drug-likeness (QED) is 0.708. The number of aliphatic hydroxyl groups is 1. The van der Waals surface area contributed by atoms with Gasteiger partial charge in [0.1, 0.15) is 5.82 Å². The molecule has 2 aromatic carbocycles. The van der Waals surface area contributed by atoms with Crippen LogP contribution < -0.4 is 0 Å². The third-order valence-corrected chi connectivity index (χ3v) is 5.68. The maximum Gasteiger partial charge on any atom is 0.123 e. The summed E-state index contributed by atoms with van der Waals surface area (Å²) in [6.45, 7) is 2.90. The molecule has 0 amide bonds. The summed E-state index contributed by atoms with van der Waals surface area (Å²) in [5, 5.41) is 14.4. The first-order chi connectivity index (χ1) is 13.7. The van der Waals surface area contributed by atoms with E-state index < -0.39 is 0 Å². The van der Waals surface area contributed by atoms with Crippen LogP contribution in [0.25, 0.3) is 5.69 Å². The van der Waals surface area contributed by atoms with E-state index >= 15 is 0 Å². The maximum absolute atomic E-state index is 13.2. The normalized spacial score (nSPS) is 20.4. The van der Waals surface area contributed by atoms with Crippen LogP contribution in [0.4, 0.5) is 4.39 Å². The summed E-state index contributed by atoms with van der Waals surface area (Å²) in [6, 6.07) is 17.0. The van der Waals surface area contributed by atoms with Crippen LogP contribution in [0.15, 0.2) is 67.0 Å². The Bertz CT molecular complexity index is 877. The van der Waals surface area contributed by atoms with Crippen LogP contribution in [-0.2, 0) is 13.0 Å². The molecule has 0 saturated carbocycles. The van der Waals surface area contributed by atoms with Gasteiger partial charge in [-0.2, -0.15) is 5.10 Å². The van der Waals surface area contributed by atoms with Gasteiger partial charge in [-0.25, -0.2) is 9.07 Å². The summed E-state index contributed by atoms with van der Waals surface area (Å²) in [7, 11) is 0. The number of aliphatic hydroxyl groups excluding tert-OH is 1. The molecule has 4 rings (SSSR count). The first-order valence-corrected chi connectivity index (χ1v) is 9.82. The van der Waals surface area contributed by atoms with E-state index in [0.29, 0.717) is 0 Å². The highest BCUT2D eigenvalue weighted by Gasteiger charge is 2.35. The van der Waals surface area contributed by atoms with Gasteiger partial charge in [0, 0.05) is 30.9 Å². The summed E-state index contributed by atoms with van der Waals surface area (Å²) in [5.41, 5.74) is 3.23. The molecular weight excluding hydrogens is 353 g/mol. The molecule has 1 saturated heterocycles. The van der Waals surface area contributed by atoms with E-state index in [1.807, 2.05) is 29.1 Å². The smallest absolute Gasteiger partial charge is 0.123 e. The van der Waals surface area contributed by atoms with E-state index in [2.05, 4.69) is 34.3 Å². The minimum atomic E-state index is -0.217. The van der Waals surface area contributed by atoms with Gasteiger partial charge in [0.2, 0.25) is 0 Å². The fourth-order valence-corrected chi connectivity index (χ4v) is 4.24. The molecule has 1 fully saturated rings. The van der Waals surface area contributed by atoms with Gasteiger partial charge in [-0.3, -0.25) is 4.90 Å². The minimum absolute atomic E-state index is 0.152. The summed E-state index contributed by atoms with van der Waals surface area (Å²) in [5.74, 6) is -0.217. The molecule has 1 aliphatic rings. The van der Waals surface area contributed by atoms with Crippen molar-refractivity contribution in [2.45, 2.75) is 25.8 Å². The molecule has 0 bridgehead atoms. The van der Waals surface area contributed by atoms with Gasteiger partial charge in [0.15, 0.2) is 0 Å². The lowest BCUT2D eigenvalue weighted by atomic mass is 9.75. The molecule has 1 aromatic heterocycles. The SMILES string of the molecule is OCC1(Cc2ccc(F)cc2)CCCN(Cc2ccc(-n3cccn3)cc2)C1. The summed E-state index contributed by atoms with van der Waals surface area (Å²) in [6.07, 6.45) is 6.54. The summed E-state index contributed by atoms with van der Waals surface area (Å²) in [4.78, 5) is 2.42. The Labute approximate surface area is 165 Å². The second-order valence-corrected chi connectivity index (χ2v) is 7.89. The predicted octanol–water partition coefficient (Wildman–Crippen LogP) is 3.83. The van der Waals surface area contributed by atoms with Crippen LogP contribution in [0.2, 0.25) is 0 Å². The van der Waals surface area contributed by atoms with Crippen LogP contribution in [-0.4, -0.2) is 39.5 Å². The van der Waals surface area contributed by atoms with Crippen molar-refractivity contribution in [2.24, 2.45) is 5.41 Å². The monoisotopic (exact) mass is 379 g/mol. The third-order valence-electron chi connectivity index (χ3n) is 5.68. The second-order valence-electron chi connectivity index (χ2n) is 7.89. The molecule has 0 spiro atoms. The van der Waals surface area contributed by atoms with Crippen molar-refractivity contribution in [2.75, 3.05) is 19.7 Å². The largest absolute Gasteiger partial charge is 0.396 e. The van der Waals surface area contributed by atoms with Crippen LogP contribution in [0.3, 0.4) is 0 Å². The Kier molecular flexibility index (Phi) is 5.55. The van der Waals surface area contributed by atoms with Crippen molar-refractivity contribution in [3.8, 4) is 5.69 Å². The average molecular weight is 379 g/mol. The number of likely N-dealkylation sites (tertiary alicyclic amines) is 1. The molecule has 1 aliphatic heterocycles. The van der Waals surface area contributed by atoms with E-state index in [4.69, 9.17) is 0 Å². The van der Waals surface area contributed by atoms with E-state index in [-0.39, 0.29) is 17.8 Å². The van der Waals surface area contributed by atoms with E-state index in [1.165, 1.54) is 17.7 Å². The van der Waals surface area contributed by atoms with Crippen molar-refractivity contribution < 1.29 is 9.50 Å². The number of halogens is 1. The molecule has 28 heavy (non-hydrogen) atoms. The van der Waals surface area contributed by atoms with Crippen molar-refractivity contribution in [3.63, 3.8) is 0 Å². The minimum Gasteiger partial charge on any atom is -0.396 e. The number of rotatable bonds is 6. The van der Waals surface area contributed by atoms with Crippen LogP contribution in [0.1, 0.15) is 24.0 Å². The van der Waals surface area contributed by atoms with Crippen molar-refractivity contribution in [1.29, 1.82) is 0 Å². The number of hydrogen-bond acceptors (Lipinski definition) is 3. The van der Waals surface area contributed by atoms with Gasteiger partial charge < -0.3 is 5.11 Å². The van der Waals surface area contributed by atoms with Gasteiger partial charge in [-0.05, 0) is 67.3 Å². The fraction of sp³-hybridized carbons (Fsp3) is 0.348. The Morgan fingerprint density at radius 1 is 1.04 bits per heavy atom. The summed E-state index contributed by atoms with van der Waals surface area (Å²) < 4.78 is 15.1. The zero-order valence-corrected chi connectivity index (χ0v) is 16.0. The Balaban J connectivity index is 1.43. The van der Waals surface area contributed by atoms with E-state index in [9.17, 15) is 9.50 Å². The molecule has 5 heteroatoms. The molecular formula is C23H26FN3O. The number of nitrogens with zero attached hydrogens (tertiary/aromatic N) is 3. The second kappa shape index (κ2) is 8.25. The molecule has 0 aliphatic carbocycles. The standard InChI is InChI=1S/C23H26FN3O/c24-21-7-3-19(4-8-21)15-23(18-28)11-1-13-26(17-23)16-20-5-9-22(10-6-20)27-14-2-12-25-27/h2-10,12,14,28H,1,11,13,15-18H2. The molecule has 1 unspecified atom stereocenters. The van der Waals surface area contributed by atoms with Gasteiger partial charge in [0.25, 0.3) is 0 Å². The van der Waals surface area contributed by atoms with E-state index in [1.54, 1.807) is 6.20 Å². The van der Waals surface area contributed by atoms with Gasteiger partial charge in [-0.1, -0.05) is 24.3 Å². The lowest BCUT2D eigenvalue weighted by Crippen LogP contribution is -2.46. The number of hydrogen-bond donors (Lipinski definition) is 1. The first-order valence-electron chi connectivity index (χ1n) is 9.82. The van der Waals surface area contributed by atoms with Gasteiger partial charge in [0.05, 0.1) is 12.3 Å². The highest BCUT2D eigenvalue weighted by Crippen LogP contribution is 2.34. The highest BCUT2D eigenvalue weighted by atomic mass is 19.1. The lowest BCUT2D eigenvalue weighted by molar-refractivity contribution is 0.0288. The zero-order chi connectivity index (χ0) is 19.4. The molecule has 3 aromatic rings. The molecule has 1 N–H and O–H groups in total. The Hall–Kier alpha value is -2.50. The lowest BCUT2D eigenvalue weighted by Gasteiger charge is -2.42. The molecule has 2 heterocycles. The van der Waals surface area contributed by atoms with Gasteiger partial charge in [-0.15, -0.1) is 0 Å². The maximum atomic E-state index is 13.2. The van der Waals surface area contributed by atoms with Crippen molar-refractivity contribution in [1.82, 2.24) is 14.7 Å². The molecule has 1 atom stereocenters. The Morgan fingerprint density at radius 2 is 1.79 bits per heavy atom. The predicted molar refractivity (Wildman–Crippen MR) is 108 cm³/mol. The fourth-order valence-electron chi connectivity index (χ4n) is 4.24. The third kappa shape index (κ3) is 4.32. The number of aromatic nitrogens is 2. The van der Waals surface area contributed by atoms with Crippen LogP contribution in [0, 0.1) is 11.2 Å². The number of benzene rings is 2. The highest BCUT2D eigenvalue weighted by molar-refractivity contribution is 5.33. The average Bonchev–Trinajstić information content (AvgIpc) is 3.26. The van der Waals surface area contributed by atoms with Crippen LogP contribution in [0.5, 0.6) is 0 Å². The van der Waals surface area contributed by atoms with Crippen molar-refractivity contribution in [3.05, 3.63) is 83.9 Å². The molecule has 4 nitrogen and oxygen atoms in total. The van der Waals surface area contributed by atoms with Gasteiger partial charge >= 0.3 is 0 Å². The number of piperidine rings is 1. The van der Waals surface area contributed by atoms with Crippen molar-refractivity contribution >= 4 is 0 Å². The zero-order valence-electron chi connectivity index (χ0n) is 16.0. The van der Waals surface area contributed by atoms with E-state index in [0.717, 1.165) is 50.1 Å². The molecule has 0 radical (unpaired) electrons. The summed E-state index contributed by atoms with van der Waals surface area (Å²) >= 11 is 0. The van der Waals surface area contributed by atoms with Crippen LogP contribution >= 0.6 is 0 Å².